The van der Waals surface area contributed by atoms with Gasteiger partial charge in [0.25, 0.3) is 0 Å². The smallest absolute Gasteiger partial charge is 0.191 e. The molecule has 0 radical (unpaired) electrons. The maximum atomic E-state index is 5.22. The molecule has 28 heavy (non-hydrogen) atoms. The number of aliphatic imine (C=N–C) groups is 1. The number of rotatable bonds is 9. The highest BCUT2D eigenvalue weighted by molar-refractivity contribution is 14.0. The Morgan fingerprint density at radius 2 is 1.96 bits per heavy atom. The first-order valence-electron chi connectivity index (χ1n) is 9.80. The molecule has 0 spiro atoms. The number of aryl methyl sites for hydroxylation is 3. The van der Waals surface area contributed by atoms with Crippen molar-refractivity contribution in [1.82, 2.24) is 15.8 Å². The number of hydrogen-bond acceptors (Lipinski definition) is 4. The number of likely N-dealkylation sites (N-methyl/N-ethyl adjacent to an activating group) is 1. The fraction of sp³-hybridized carbons (Fsp3) is 0.524. The van der Waals surface area contributed by atoms with E-state index in [1.54, 1.807) is 0 Å². The van der Waals surface area contributed by atoms with Crippen LogP contribution in [0.4, 0.5) is 5.69 Å². The van der Waals surface area contributed by atoms with Crippen LogP contribution in [0.5, 0.6) is 0 Å². The van der Waals surface area contributed by atoms with Gasteiger partial charge in [-0.1, -0.05) is 17.3 Å². The second-order valence-corrected chi connectivity index (χ2v) is 6.66. The topological polar surface area (TPSA) is 65.7 Å². The minimum absolute atomic E-state index is 0. The van der Waals surface area contributed by atoms with Gasteiger partial charge in [-0.2, -0.15) is 0 Å². The molecule has 0 saturated carbocycles. The minimum Gasteiger partial charge on any atom is -0.370 e. The molecular weight excluding hydrogens is 465 g/mol. The van der Waals surface area contributed by atoms with E-state index in [9.17, 15) is 0 Å². The van der Waals surface area contributed by atoms with E-state index in [1.807, 2.05) is 13.8 Å². The van der Waals surface area contributed by atoms with E-state index in [0.717, 1.165) is 55.6 Å². The van der Waals surface area contributed by atoms with Crippen LogP contribution in [0.15, 0.2) is 33.8 Å². The average molecular weight is 499 g/mol. The minimum atomic E-state index is 0. The van der Waals surface area contributed by atoms with Crippen LogP contribution >= 0.6 is 24.0 Å². The molecule has 1 aromatic carbocycles. The van der Waals surface area contributed by atoms with Gasteiger partial charge in [0.15, 0.2) is 5.96 Å². The van der Waals surface area contributed by atoms with Crippen molar-refractivity contribution < 1.29 is 4.52 Å². The predicted molar refractivity (Wildman–Crippen MR) is 128 cm³/mol. The van der Waals surface area contributed by atoms with Crippen molar-refractivity contribution in [2.24, 2.45) is 4.99 Å². The second-order valence-electron chi connectivity index (χ2n) is 6.66. The summed E-state index contributed by atoms with van der Waals surface area (Å²) in [5.74, 6) is 1.74. The van der Waals surface area contributed by atoms with Crippen LogP contribution in [0.3, 0.4) is 0 Å². The summed E-state index contributed by atoms with van der Waals surface area (Å²) < 4.78 is 5.22. The maximum absolute atomic E-state index is 5.22. The van der Waals surface area contributed by atoms with Crippen LogP contribution in [0.1, 0.15) is 36.4 Å². The van der Waals surface area contributed by atoms with Gasteiger partial charge in [0, 0.05) is 44.0 Å². The fourth-order valence-corrected chi connectivity index (χ4v) is 3.08. The van der Waals surface area contributed by atoms with Crippen molar-refractivity contribution >= 4 is 35.6 Å². The van der Waals surface area contributed by atoms with E-state index >= 15 is 0 Å². The molecule has 0 aliphatic heterocycles. The monoisotopic (exact) mass is 499 g/mol. The van der Waals surface area contributed by atoms with Gasteiger partial charge in [0.2, 0.25) is 0 Å². The van der Waals surface area contributed by atoms with Gasteiger partial charge in [-0.25, -0.2) is 0 Å². The van der Waals surface area contributed by atoms with E-state index in [1.165, 1.54) is 11.3 Å². The molecule has 0 atom stereocenters. The molecule has 0 fully saturated rings. The van der Waals surface area contributed by atoms with Gasteiger partial charge in [0.05, 0.1) is 5.69 Å². The van der Waals surface area contributed by atoms with Gasteiger partial charge in [-0.05, 0) is 58.7 Å². The molecule has 0 amide bonds. The van der Waals surface area contributed by atoms with Gasteiger partial charge in [0.1, 0.15) is 5.76 Å². The number of benzene rings is 1. The van der Waals surface area contributed by atoms with Crippen LogP contribution in [0, 0.1) is 20.8 Å². The second kappa shape index (κ2) is 12.6. The Morgan fingerprint density at radius 3 is 2.57 bits per heavy atom. The third-order valence-corrected chi connectivity index (χ3v) is 4.58. The lowest BCUT2D eigenvalue weighted by atomic mass is 10.1. The molecule has 2 N–H and O–H groups in total. The van der Waals surface area contributed by atoms with E-state index in [-0.39, 0.29) is 24.0 Å². The molecule has 0 aliphatic rings. The quantitative estimate of drug-likeness (QED) is 0.312. The molecular formula is C21H34IN5O. The highest BCUT2D eigenvalue weighted by atomic mass is 127. The molecule has 2 aromatic rings. The van der Waals surface area contributed by atoms with E-state index in [4.69, 9.17) is 4.52 Å². The SMILES string of the molecule is CCNC(=NCCc1c(C)noc1C)NCCN(CC)c1cccc(C)c1.I. The van der Waals surface area contributed by atoms with E-state index in [0.29, 0.717) is 6.54 Å². The van der Waals surface area contributed by atoms with Gasteiger partial charge in [-0.3, -0.25) is 4.99 Å². The van der Waals surface area contributed by atoms with Crippen molar-refractivity contribution in [3.05, 3.63) is 46.8 Å². The number of guanidine groups is 1. The number of nitrogens with zero attached hydrogens (tertiary/aromatic N) is 3. The highest BCUT2D eigenvalue weighted by Gasteiger charge is 2.08. The summed E-state index contributed by atoms with van der Waals surface area (Å²) in [6.45, 7) is 14.6. The van der Waals surface area contributed by atoms with Crippen molar-refractivity contribution in [1.29, 1.82) is 0 Å². The van der Waals surface area contributed by atoms with E-state index < -0.39 is 0 Å². The molecule has 0 bridgehead atoms. The van der Waals surface area contributed by atoms with Crippen LogP contribution in [0.25, 0.3) is 0 Å². The lowest BCUT2D eigenvalue weighted by molar-refractivity contribution is 0.392. The third kappa shape index (κ3) is 7.33. The van der Waals surface area contributed by atoms with Gasteiger partial charge in [-0.15, -0.1) is 24.0 Å². The fourth-order valence-electron chi connectivity index (χ4n) is 3.08. The number of halogens is 1. The molecule has 1 heterocycles. The Kier molecular flexibility index (Phi) is 11.0. The Bertz CT molecular complexity index is 725. The number of hydrogen-bond donors (Lipinski definition) is 2. The van der Waals surface area contributed by atoms with Crippen LogP contribution in [-0.4, -0.2) is 43.8 Å². The molecule has 0 aliphatic carbocycles. The molecule has 6 nitrogen and oxygen atoms in total. The molecule has 7 heteroatoms. The van der Waals surface area contributed by atoms with Gasteiger partial charge >= 0.3 is 0 Å². The normalized spacial score (nSPS) is 11.1. The lowest BCUT2D eigenvalue weighted by Crippen LogP contribution is -2.41. The summed E-state index contributed by atoms with van der Waals surface area (Å²) in [6, 6.07) is 8.64. The predicted octanol–water partition coefficient (Wildman–Crippen LogP) is 3.84. The summed E-state index contributed by atoms with van der Waals surface area (Å²) in [5.41, 5.74) is 4.66. The molecule has 0 unspecified atom stereocenters. The first-order chi connectivity index (χ1) is 13.0. The van der Waals surface area contributed by atoms with Crippen molar-refractivity contribution in [2.75, 3.05) is 37.6 Å². The third-order valence-electron chi connectivity index (χ3n) is 4.58. The summed E-state index contributed by atoms with van der Waals surface area (Å²) in [7, 11) is 0. The largest absolute Gasteiger partial charge is 0.370 e. The standard InChI is InChI=1S/C21H33N5O.HI/c1-6-22-21(23-12-11-20-17(4)25-27-18(20)5)24-13-14-26(7-2)19-10-8-9-16(3)15-19;/h8-10,15H,6-7,11-14H2,1-5H3,(H2,22,23,24);1H. The van der Waals surface area contributed by atoms with Crippen molar-refractivity contribution in [2.45, 2.75) is 41.0 Å². The Labute approximate surface area is 186 Å². The molecule has 2 rings (SSSR count). The highest BCUT2D eigenvalue weighted by Crippen LogP contribution is 2.15. The summed E-state index contributed by atoms with van der Waals surface area (Å²) >= 11 is 0. The summed E-state index contributed by atoms with van der Waals surface area (Å²) in [6.07, 6.45) is 0.835. The van der Waals surface area contributed by atoms with Crippen molar-refractivity contribution in [3.8, 4) is 0 Å². The summed E-state index contributed by atoms with van der Waals surface area (Å²) in [4.78, 5) is 7.06. The number of nitrogens with one attached hydrogen (secondary N) is 2. The average Bonchev–Trinajstić information content (AvgIpc) is 2.97. The van der Waals surface area contributed by atoms with E-state index in [2.05, 4.69) is 70.7 Å². The zero-order valence-electron chi connectivity index (χ0n) is 17.7. The number of anilines is 1. The first-order valence-corrected chi connectivity index (χ1v) is 9.80. The first kappa shape index (κ1) is 24.3. The zero-order valence-corrected chi connectivity index (χ0v) is 20.0. The summed E-state index contributed by atoms with van der Waals surface area (Å²) in [5, 5.41) is 10.8. The Hall–Kier alpha value is -1.77. The van der Waals surface area contributed by atoms with Crippen molar-refractivity contribution in [3.63, 3.8) is 0 Å². The lowest BCUT2D eigenvalue weighted by Gasteiger charge is -2.24. The van der Waals surface area contributed by atoms with Gasteiger partial charge < -0.3 is 20.1 Å². The number of aromatic nitrogens is 1. The Balaban J connectivity index is 0.00000392. The molecule has 156 valence electrons. The molecule has 1 aromatic heterocycles. The zero-order chi connectivity index (χ0) is 19.6. The molecule has 0 saturated heterocycles. The Morgan fingerprint density at radius 1 is 1.18 bits per heavy atom. The van der Waals surface area contributed by atoms with Crippen LogP contribution in [0.2, 0.25) is 0 Å². The van der Waals surface area contributed by atoms with Crippen LogP contribution in [-0.2, 0) is 6.42 Å². The maximum Gasteiger partial charge on any atom is 0.191 e. The van der Waals surface area contributed by atoms with Crippen LogP contribution < -0.4 is 15.5 Å².